The third kappa shape index (κ3) is 5.43. The molecule has 0 radical (unpaired) electrons. The minimum Gasteiger partial charge on any atom is -0.492 e. The molecule has 0 heterocycles. The van der Waals surface area contributed by atoms with Gasteiger partial charge >= 0.3 is 12.1 Å². The lowest BCUT2D eigenvalue weighted by Gasteiger charge is -2.19. The number of hydrogen-bond donors (Lipinski definition) is 3. The second kappa shape index (κ2) is 10.7. The Balaban J connectivity index is 1.43. The lowest BCUT2D eigenvalue weighted by molar-refractivity contribution is -0.139. The van der Waals surface area contributed by atoms with Gasteiger partial charge in [-0.2, -0.15) is 0 Å². The summed E-state index contributed by atoms with van der Waals surface area (Å²) in [4.78, 5) is 36.8. The SMILES string of the molecule is CCOc1ccccc1NC(=O)C(CC(=O)O)NC(=O)OCC1c2ccccc2-c2ccccc21. The van der Waals surface area contributed by atoms with Crippen molar-refractivity contribution < 1.29 is 29.0 Å². The van der Waals surface area contributed by atoms with Crippen LogP contribution in [0.1, 0.15) is 30.4 Å². The van der Waals surface area contributed by atoms with Gasteiger partial charge in [0.1, 0.15) is 18.4 Å². The summed E-state index contributed by atoms with van der Waals surface area (Å²) in [6, 6.07) is 21.3. The highest BCUT2D eigenvalue weighted by atomic mass is 16.5. The topological polar surface area (TPSA) is 114 Å². The number of hydrogen-bond acceptors (Lipinski definition) is 5. The highest BCUT2D eigenvalue weighted by Crippen LogP contribution is 2.44. The minimum absolute atomic E-state index is 0.0500. The number of fused-ring (bicyclic) bond motifs is 3. The Morgan fingerprint density at radius 3 is 2.14 bits per heavy atom. The number of alkyl carbamates (subject to hydrolysis) is 1. The van der Waals surface area contributed by atoms with Gasteiger partial charge in [-0.3, -0.25) is 9.59 Å². The Kier molecular flexibility index (Phi) is 7.30. The van der Waals surface area contributed by atoms with Crippen LogP contribution in [-0.4, -0.2) is 42.3 Å². The van der Waals surface area contributed by atoms with Crippen LogP contribution < -0.4 is 15.4 Å². The first-order valence-electron chi connectivity index (χ1n) is 11.3. The molecular formula is C27H26N2O6. The summed E-state index contributed by atoms with van der Waals surface area (Å²) < 4.78 is 11.0. The Morgan fingerprint density at radius 2 is 1.51 bits per heavy atom. The molecule has 1 unspecified atom stereocenters. The Hall–Kier alpha value is -4.33. The molecule has 0 aliphatic heterocycles. The molecule has 8 nitrogen and oxygen atoms in total. The van der Waals surface area contributed by atoms with Crippen LogP contribution in [0.25, 0.3) is 11.1 Å². The number of carboxylic acids is 1. The highest BCUT2D eigenvalue weighted by Gasteiger charge is 2.30. The Bertz CT molecular complexity index is 1200. The fraction of sp³-hybridized carbons (Fsp3) is 0.222. The van der Waals surface area contributed by atoms with Gasteiger partial charge in [0.25, 0.3) is 0 Å². The second-order valence-corrected chi connectivity index (χ2v) is 8.04. The molecular weight excluding hydrogens is 448 g/mol. The van der Waals surface area contributed by atoms with Gasteiger partial charge in [-0.05, 0) is 41.3 Å². The van der Waals surface area contributed by atoms with Crippen molar-refractivity contribution in [2.24, 2.45) is 0 Å². The average molecular weight is 475 g/mol. The summed E-state index contributed by atoms with van der Waals surface area (Å²) >= 11 is 0. The number of aliphatic carboxylic acids is 1. The first kappa shape index (κ1) is 23.8. The zero-order chi connectivity index (χ0) is 24.8. The van der Waals surface area contributed by atoms with Crippen molar-refractivity contribution in [1.82, 2.24) is 5.32 Å². The van der Waals surface area contributed by atoms with E-state index in [4.69, 9.17) is 9.47 Å². The van der Waals surface area contributed by atoms with Gasteiger partial charge in [-0.1, -0.05) is 60.7 Å². The van der Waals surface area contributed by atoms with E-state index in [1.807, 2.05) is 55.5 Å². The molecule has 0 saturated carbocycles. The molecule has 8 heteroatoms. The lowest BCUT2D eigenvalue weighted by atomic mass is 9.98. The summed E-state index contributed by atoms with van der Waals surface area (Å²) in [6.45, 7) is 2.25. The third-order valence-electron chi connectivity index (χ3n) is 5.78. The number of anilines is 1. The zero-order valence-electron chi connectivity index (χ0n) is 19.2. The van der Waals surface area contributed by atoms with Crippen LogP contribution in [0.4, 0.5) is 10.5 Å². The molecule has 3 aromatic rings. The van der Waals surface area contributed by atoms with Crippen molar-refractivity contribution in [2.45, 2.75) is 25.3 Å². The number of amides is 2. The van der Waals surface area contributed by atoms with Crippen molar-refractivity contribution in [2.75, 3.05) is 18.5 Å². The molecule has 0 bridgehead atoms. The summed E-state index contributed by atoms with van der Waals surface area (Å²) in [6.07, 6.45) is -1.47. The predicted molar refractivity (Wildman–Crippen MR) is 130 cm³/mol. The molecule has 0 fully saturated rings. The normalized spacial score (nSPS) is 12.7. The van der Waals surface area contributed by atoms with Crippen LogP contribution in [0.3, 0.4) is 0 Å². The molecule has 0 saturated heterocycles. The summed E-state index contributed by atoms with van der Waals surface area (Å²) in [5, 5.41) is 14.3. The fourth-order valence-corrected chi connectivity index (χ4v) is 4.24. The lowest BCUT2D eigenvalue weighted by Crippen LogP contribution is -2.45. The average Bonchev–Trinajstić information content (AvgIpc) is 3.17. The van der Waals surface area contributed by atoms with Gasteiger partial charge in [0.2, 0.25) is 5.91 Å². The van der Waals surface area contributed by atoms with Crippen LogP contribution in [-0.2, 0) is 14.3 Å². The van der Waals surface area contributed by atoms with Gasteiger partial charge in [-0.15, -0.1) is 0 Å². The molecule has 2 amide bonds. The Morgan fingerprint density at radius 1 is 0.914 bits per heavy atom. The van der Waals surface area contributed by atoms with Gasteiger partial charge in [0, 0.05) is 5.92 Å². The first-order valence-corrected chi connectivity index (χ1v) is 11.3. The second-order valence-electron chi connectivity index (χ2n) is 8.04. The third-order valence-corrected chi connectivity index (χ3v) is 5.78. The molecule has 3 aromatic carbocycles. The molecule has 35 heavy (non-hydrogen) atoms. The molecule has 1 atom stereocenters. The number of benzene rings is 3. The maximum Gasteiger partial charge on any atom is 0.407 e. The fourth-order valence-electron chi connectivity index (χ4n) is 4.24. The van der Waals surface area contributed by atoms with E-state index in [1.165, 1.54) is 0 Å². The van der Waals surface area contributed by atoms with Gasteiger partial charge in [-0.25, -0.2) is 4.79 Å². The number of ether oxygens (including phenoxy) is 2. The molecule has 0 spiro atoms. The van der Waals surface area contributed by atoms with E-state index in [1.54, 1.807) is 24.3 Å². The van der Waals surface area contributed by atoms with Crippen LogP contribution in [0.5, 0.6) is 5.75 Å². The van der Waals surface area contributed by atoms with Crippen molar-refractivity contribution in [3.05, 3.63) is 83.9 Å². The van der Waals surface area contributed by atoms with Crippen LogP contribution in [0.2, 0.25) is 0 Å². The van der Waals surface area contributed by atoms with Crippen molar-refractivity contribution in [1.29, 1.82) is 0 Å². The number of carbonyl (C=O) groups is 3. The summed E-state index contributed by atoms with van der Waals surface area (Å²) in [5.41, 5.74) is 4.66. The summed E-state index contributed by atoms with van der Waals surface area (Å²) in [7, 11) is 0. The maximum absolute atomic E-state index is 12.8. The van der Waals surface area contributed by atoms with Crippen LogP contribution >= 0.6 is 0 Å². The number of para-hydroxylation sites is 2. The first-order chi connectivity index (χ1) is 17.0. The zero-order valence-corrected chi connectivity index (χ0v) is 19.2. The molecule has 1 aliphatic carbocycles. The summed E-state index contributed by atoms with van der Waals surface area (Å²) in [5.74, 6) is -1.63. The smallest absolute Gasteiger partial charge is 0.407 e. The van der Waals surface area contributed by atoms with E-state index in [0.717, 1.165) is 22.3 Å². The van der Waals surface area contributed by atoms with E-state index in [2.05, 4.69) is 10.6 Å². The number of nitrogens with one attached hydrogen (secondary N) is 2. The van der Waals surface area contributed by atoms with E-state index in [9.17, 15) is 19.5 Å². The van der Waals surface area contributed by atoms with Crippen molar-refractivity contribution >= 4 is 23.7 Å². The van der Waals surface area contributed by atoms with Gasteiger partial charge < -0.3 is 25.2 Å². The molecule has 0 aromatic heterocycles. The molecule has 1 aliphatic rings. The van der Waals surface area contributed by atoms with Gasteiger partial charge in [0.05, 0.1) is 18.7 Å². The largest absolute Gasteiger partial charge is 0.492 e. The standard InChI is InChI=1S/C27H26N2O6/c1-2-34-24-14-8-7-13-22(24)28-26(32)23(15-25(30)31)29-27(33)35-16-21-19-11-5-3-9-17(19)18-10-4-6-12-20(18)21/h3-14,21,23H,2,15-16H2,1H3,(H,28,32)(H,29,33)(H,30,31). The predicted octanol–water partition coefficient (Wildman–Crippen LogP) is 4.41. The minimum atomic E-state index is -1.34. The van der Waals surface area contributed by atoms with Crippen molar-refractivity contribution in [3.63, 3.8) is 0 Å². The van der Waals surface area contributed by atoms with E-state index >= 15 is 0 Å². The van der Waals surface area contributed by atoms with E-state index < -0.39 is 30.4 Å². The van der Waals surface area contributed by atoms with Crippen LogP contribution in [0.15, 0.2) is 72.8 Å². The Labute approximate surface area is 202 Å². The van der Waals surface area contributed by atoms with E-state index in [0.29, 0.717) is 18.0 Å². The molecule has 3 N–H and O–H groups in total. The maximum atomic E-state index is 12.8. The number of carbonyl (C=O) groups excluding carboxylic acids is 2. The molecule has 4 rings (SSSR count). The van der Waals surface area contributed by atoms with E-state index in [-0.39, 0.29) is 12.5 Å². The number of carboxylic acid groups (broad SMARTS) is 1. The molecule has 180 valence electrons. The monoisotopic (exact) mass is 474 g/mol. The number of rotatable bonds is 9. The quantitative estimate of drug-likeness (QED) is 0.423. The van der Waals surface area contributed by atoms with Crippen molar-refractivity contribution in [3.8, 4) is 16.9 Å². The van der Waals surface area contributed by atoms with Crippen LogP contribution in [0, 0.1) is 0 Å². The highest BCUT2D eigenvalue weighted by molar-refractivity contribution is 5.99. The van der Waals surface area contributed by atoms with Gasteiger partial charge in [0.15, 0.2) is 0 Å².